The molecule has 3 aliphatic rings. The fraction of sp³-hybridized carbons (Fsp3) is 0.913. The number of likely N-dealkylation sites (tertiary alicyclic amines) is 1. The highest BCUT2D eigenvalue weighted by molar-refractivity contribution is 5.84. The number of nitrogens with zero attached hydrogens (tertiary/aromatic N) is 3. The number of carbonyl (C=O) groups excluding carboxylic acids is 1. The van der Waals surface area contributed by atoms with E-state index in [0.717, 1.165) is 43.9 Å². The number of rotatable bonds is 6. The summed E-state index contributed by atoms with van der Waals surface area (Å²) in [5, 5.41) is 7.06. The van der Waals surface area contributed by atoms with Gasteiger partial charge in [-0.05, 0) is 76.8 Å². The molecule has 1 saturated carbocycles. The van der Waals surface area contributed by atoms with Crippen molar-refractivity contribution in [2.24, 2.45) is 10.9 Å². The second-order valence-electron chi connectivity index (χ2n) is 9.69. The zero-order valence-corrected chi connectivity index (χ0v) is 19.4. The van der Waals surface area contributed by atoms with E-state index in [1.54, 1.807) is 19.0 Å². The molecule has 0 bridgehead atoms. The molecule has 1 amide bonds. The van der Waals surface area contributed by atoms with Crippen molar-refractivity contribution in [3.8, 4) is 0 Å². The third kappa shape index (κ3) is 7.41. The first kappa shape index (κ1) is 23.3. The third-order valence-electron chi connectivity index (χ3n) is 7.01. The van der Waals surface area contributed by atoms with Gasteiger partial charge in [-0.15, -0.1) is 0 Å². The fourth-order valence-corrected chi connectivity index (χ4v) is 4.79. The summed E-state index contributed by atoms with van der Waals surface area (Å²) >= 11 is 0. The molecule has 0 aromatic heterocycles. The quantitative estimate of drug-likeness (QED) is 0.508. The van der Waals surface area contributed by atoms with Crippen LogP contribution in [0.25, 0.3) is 0 Å². The third-order valence-corrected chi connectivity index (χ3v) is 7.01. The molecule has 172 valence electrons. The van der Waals surface area contributed by atoms with E-state index >= 15 is 0 Å². The molecule has 0 aromatic rings. The molecule has 3 fully saturated rings. The van der Waals surface area contributed by atoms with Crippen molar-refractivity contribution in [1.82, 2.24) is 20.4 Å². The van der Waals surface area contributed by atoms with Gasteiger partial charge in [0.25, 0.3) is 0 Å². The van der Waals surface area contributed by atoms with Crippen LogP contribution in [-0.2, 0) is 9.53 Å². The number of carbonyl (C=O) groups is 1. The van der Waals surface area contributed by atoms with Gasteiger partial charge in [0.15, 0.2) is 5.96 Å². The lowest BCUT2D eigenvalue weighted by Gasteiger charge is -2.40. The minimum atomic E-state index is 0.0213. The number of hydrogen-bond donors (Lipinski definition) is 2. The Hall–Kier alpha value is -1.34. The molecule has 0 radical (unpaired) electrons. The van der Waals surface area contributed by atoms with Gasteiger partial charge >= 0.3 is 0 Å². The SMILES string of the molecule is CC1CCN(C2CCC(NC(=NCC(=O)N(C)C)NCC3CCCCO3)CC2)CC1. The van der Waals surface area contributed by atoms with Crippen LogP contribution in [0.15, 0.2) is 4.99 Å². The van der Waals surface area contributed by atoms with E-state index < -0.39 is 0 Å². The van der Waals surface area contributed by atoms with Crippen molar-refractivity contribution in [1.29, 1.82) is 0 Å². The molecule has 2 aliphatic heterocycles. The van der Waals surface area contributed by atoms with Crippen LogP contribution < -0.4 is 10.6 Å². The van der Waals surface area contributed by atoms with Gasteiger partial charge in [-0.25, -0.2) is 4.99 Å². The van der Waals surface area contributed by atoms with Gasteiger partial charge in [0.05, 0.1) is 6.10 Å². The molecule has 1 atom stereocenters. The molecule has 0 spiro atoms. The molecule has 7 heteroatoms. The summed E-state index contributed by atoms with van der Waals surface area (Å²) in [6.45, 7) is 6.70. The predicted molar refractivity (Wildman–Crippen MR) is 122 cm³/mol. The molecule has 3 rings (SSSR count). The van der Waals surface area contributed by atoms with Gasteiger partial charge in [0.2, 0.25) is 5.91 Å². The number of guanidine groups is 1. The van der Waals surface area contributed by atoms with Crippen LogP contribution >= 0.6 is 0 Å². The highest BCUT2D eigenvalue weighted by Crippen LogP contribution is 2.27. The van der Waals surface area contributed by atoms with Crippen molar-refractivity contribution in [2.75, 3.05) is 46.9 Å². The Bertz CT molecular complexity index is 546. The first-order valence-corrected chi connectivity index (χ1v) is 12.1. The zero-order valence-electron chi connectivity index (χ0n) is 19.4. The lowest BCUT2D eigenvalue weighted by atomic mass is 9.88. The summed E-state index contributed by atoms with van der Waals surface area (Å²) in [4.78, 5) is 20.9. The molecule has 2 N–H and O–H groups in total. The Morgan fingerprint density at radius 3 is 2.43 bits per heavy atom. The highest BCUT2D eigenvalue weighted by Gasteiger charge is 2.28. The summed E-state index contributed by atoms with van der Waals surface area (Å²) in [5.74, 6) is 1.67. The Labute approximate surface area is 183 Å². The van der Waals surface area contributed by atoms with Crippen LogP contribution in [0, 0.1) is 5.92 Å². The van der Waals surface area contributed by atoms with Crippen LogP contribution in [0.3, 0.4) is 0 Å². The average Bonchev–Trinajstić information content (AvgIpc) is 2.77. The summed E-state index contributed by atoms with van der Waals surface area (Å²) in [6.07, 6.45) is 11.3. The number of likely N-dealkylation sites (N-methyl/N-ethyl adjacent to an activating group) is 1. The van der Waals surface area contributed by atoms with Crippen molar-refractivity contribution in [3.63, 3.8) is 0 Å². The maximum atomic E-state index is 12.0. The topological polar surface area (TPSA) is 69.2 Å². The largest absolute Gasteiger partial charge is 0.376 e. The number of amides is 1. The summed E-state index contributed by atoms with van der Waals surface area (Å²) < 4.78 is 5.84. The van der Waals surface area contributed by atoms with Crippen LogP contribution in [-0.4, -0.2) is 86.7 Å². The van der Waals surface area contributed by atoms with E-state index in [9.17, 15) is 4.79 Å². The number of ether oxygens (including phenoxy) is 1. The molecule has 2 heterocycles. The Morgan fingerprint density at radius 2 is 1.80 bits per heavy atom. The lowest BCUT2D eigenvalue weighted by Crippen LogP contribution is -2.50. The summed E-state index contributed by atoms with van der Waals surface area (Å²) in [7, 11) is 3.55. The minimum absolute atomic E-state index is 0.0213. The van der Waals surface area contributed by atoms with Gasteiger partial charge in [-0.1, -0.05) is 6.92 Å². The van der Waals surface area contributed by atoms with Crippen LogP contribution in [0.5, 0.6) is 0 Å². The molecule has 2 saturated heterocycles. The van der Waals surface area contributed by atoms with Crippen LogP contribution in [0.4, 0.5) is 0 Å². The van der Waals surface area contributed by atoms with E-state index in [2.05, 4.69) is 27.4 Å². The van der Waals surface area contributed by atoms with E-state index in [1.165, 1.54) is 58.0 Å². The van der Waals surface area contributed by atoms with Crippen LogP contribution in [0.1, 0.15) is 64.7 Å². The van der Waals surface area contributed by atoms with Crippen molar-refractivity contribution >= 4 is 11.9 Å². The normalized spacial score (nSPS) is 29.4. The van der Waals surface area contributed by atoms with E-state index in [0.29, 0.717) is 6.04 Å². The first-order valence-electron chi connectivity index (χ1n) is 12.1. The van der Waals surface area contributed by atoms with Crippen molar-refractivity contribution < 1.29 is 9.53 Å². The Kier molecular flexibility index (Phi) is 9.25. The average molecular weight is 422 g/mol. The van der Waals surface area contributed by atoms with Crippen molar-refractivity contribution in [3.05, 3.63) is 0 Å². The Balaban J connectivity index is 1.48. The molecule has 0 aromatic carbocycles. The highest BCUT2D eigenvalue weighted by atomic mass is 16.5. The molecule has 7 nitrogen and oxygen atoms in total. The van der Waals surface area contributed by atoms with Crippen LogP contribution in [0.2, 0.25) is 0 Å². The fourth-order valence-electron chi connectivity index (χ4n) is 4.79. The van der Waals surface area contributed by atoms with E-state index in [4.69, 9.17) is 4.74 Å². The van der Waals surface area contributed by atoms with Crippen molar-refractivity contribution in [2.45, 2.75) is 82.9 Å². The minimum Gasteiger partial charge on any atom is -0.376 e. The monoisotopic (exact) mass is 421 g/mol. The van der Waals surface area contributed by atoms with E-state index in [-0.39, 0.29) is 18.6 Å². The molecule has 30 heavy (non-hydrogen) atoms. The second kappa shape index (κ2) is 11.9. The second-order valence-corrected chi connectivity index (χ2v) is 9.69. The molecular weight excluding hydrogens is 378 g/mol. The van der Waals surface area contributed by atoms with Gasteiger partial charge in [-0.3, -0.25) is 4.79 Å². The van der Waals surface area contributed by atoms with E-state index in [1.807, 2.05) is 0 Å². The lowest BCUT2D eigenvalue weighted by molar-refractivity contribution is -0.127. The van der Waals surface area contributed by atoms with Gasteiger partial charge in [-0.2, -0.15) is 0 Å². The standard InChI is InChI=1S/C23H43N5O2/c1-18-11-13-28(14-12-18)20-9-7-19(8-10-20)26-23(25-17-22(29)27(2)3)24-16-21-6-4-5-15-30-21/h18-21H,4-17H2,1-3H3,(H2,24,25,26). The number of nitrogens with one attached hydrogen (secondary N) is 2. The van der Waals surface area contributed by atoms with Gasteiger partial charge in [0.1, 0.15) is 6.54 Å². The predicted octanol–water partition coefficient (Wildman–Crippen LogP) is 2.22. The smallest absolute Gasteiger partial charge is 0.243 e. The number of hydrogen-bond acceptors (Lipinski definition) is 4. The van der Waals surface area contributed by atoms with Gasteiger partial charge in [0, 0.05) is 39.3 Å². The number of piperidine rings is 1. The maximum Gasteiger partial charge on any atom is 0.243 e. The van der Waals surface area contributed by atoms with Gasteiger partial charge < -0.3 is 25.2 Å². The molecular formula is C23H43N5O2. The molecule has 1 aliphatic carbocycles. The summed E-state index contributed by atoms with van der Waals surface area (Å²) in [5.41, 5.74) is 0. The summed E-state index contributed by atoms with van der Waals surface area (Å²) in [6, 6.07) is 1.17. The number of aliphatic imine (C=N–C) groups is 1. The molecule has 1 unspecified atom stereocenters. The zero-order chi connectivity index (χ0) is 21.3. The first-order chi connectivity index (χ1) is 14.5. The maximum absolute atomic E-state index is 12.0. The Morgan fingerprint density at radius 1 is 1.07 bits per heavy atom.